The van der Waals surface area contributed by atoms with Crippen LogP contribution in [0.1, 0.15) is 29.8 Å². The molecule has 5 nitrogen and oxygen atoms in total. The number of hydrogen-bond donors (Lipinski definition) is 0. The molecule has 2 aliphatic rings. The van der Waals surface area contributed by atoms with Crippen LogP contribution >= 0.6 is 0 Å². The molecule has 2 saturated heterocycles. The first-order valence-electron chi connectivity index (χ1n) is 8.91. The van der Waals surface area contributed by atoms with Crippen LogP contribution in [0.3, 0.4) is 0 Å². The van der Waals surface area contributed by atoms with Gasteiger partial charge >= 0.3 is 0 Å². The van der Waals surface area contributed by atoms with Gasteiger partial charge in [-0.1, -0.05) is 6.07 Å². The monoisotopic (exact) mass is 331 g/mol. The minimum atomic E-state index is 0.116. The van der Waals surface area contributed by atoms with E-state index in [2.05, 4.69) is 23.6 Å². The summed E-state index contributed by atoms with van der Waals surface area (Å²) < 4.78 is 5.34. The zero-order valence-corrected chi connectivity index (χ0v) is 15.3. The number of aryl methyl sites for hydroxylation is 1. The number of rotatable bonds is 4. The molecule has 1 aromatic carbocycles. The van der Waals surface area contributed by atoms with Gasteiger partial charge < -0.3 is 9.64 Å². The molecule has 0 N–H and O–H groups in total. The van der Waals surface area contributed by atoms with Gasteiger partial charge in [-0.15, -0.1) is 0 Å². The first-order valence-corrected chi connectivity index (χ1v) is 8.91. The Hall–Kier alpha value is -1.59. The van der Waals surface area contributed by atoms with Crippen LogP contribution in [0.4, 0.5) is 0 Å². The molecule has 0 atom stereocenters. The highest BCUT2D eigenvalue weighted by molar-refractivity contribution is 5.94. The zero-order chi connectivity index (χ0) is 17.3. The second-order valence-electron chi connectivity index (χ2n) is 7.21. The first kappa shape index (κ1) is 17.2. The van der Waals surface area contributed by atoms with Gasteiger partial charge in [-0.05, 0) is 38.5 Å². The van der Waals surface area contributed by atoms with Crippen molar-refractivity contribution >= 4 is 5.91 Å². The lowest BCUT2D eigenvalue weighted by Gasteiger charge is -2.49. The second kappa shape index (κ2) is 7.11. The summed E-state index contributed by atoms with van der Waals surface area (Å²) in [6.07, 6.45) is 0. The molecule has 3 rings (SSSR count). The van der Waals surface area contributed by atoms with Crippen molar-refractivity contribution in [2.24, 2.45) is 0 Å². The Bertz CT molecular complexity index is 588. The molecular weight excluding hydrogens is 302 g/mol. The summed E-state index contributed by atoms with van der Waals surface area (Å²) in [6, 6.07) is 7.02. The predicted octanol–water partition coefficient (Wildman–Crippen LogP) is 1.85. The van der Waals surface area contributed by atoms with Crippen LogP contribution in [0.15, 0.2) is 18.2 Å². The smallest absolute Gasteiger partial charge is 0.254 e. The maximum Gasteiger partial charge on any atom is 0.254 e. The molecule has 5 heteroatoms. The number of nitrogens with zero attached hydrogens (tertiary/aromatic N) is 3. The maximum absolute atomic E-state index is 12.7. The predicted molar refractivity (Wildman–Crippen MR) is 95.7 cm³/mol. The number of hydrogen-bond acceptors (Lipinski definition) is 4. The van der Waals surface area contributed by atoms with Gasteiger partial charge in [0.1, 0.15) is 5.75 Å². The first-order chi connectivity index (χ1) is 11.5. The summed E-state index contributed by atoms with van der Waals surface area (Å²) >= 11 is 0. The zero-order valence-electron chi connectivity index (χ0n) is 15.3. The average Bonchev–Trinajstić information content (AvgIpc) is 2.53. The van der Waals surface area contributed by atoms with Gasteiger partial charge in [-0.3, -0.25) is 14.6 Å². The summed E-state index contributed by atoms with van der Waals surface area (Å²) in [5, 5.41) is 0. The topological polar surface area (TPSA) is 36.0 Å². The fraction of sp³-hybridized carbons (Fsp3) is 0.632. The Morgan fingerprint density at radius 3 is 2.42 bits per heavy atom. The fourth-order valence-corrected chi connectivity index (χ4v) is 3.57. The van der Waals surface area contributed by atoms with Crippen molar-refractivity contribution in [3.63, 3.8) is 0 Å². The lowest BCUT2D eigenvalue weighted by molar-refractivity contribution is -0.00733. The van der Waals surface area contributed by atoms with Crippen molar-refractivity contribution in [3.05, 3.63) is 29.3 Å². The molecule has 0 saturated carbocycles. The number of piperazine rings is 1. The van der Waals surface area contributed by atoms with E-state index in [1.165, 1.54) is 13.1 Å². The normalized spacial score (nSPS) is 20.3. The molecule has 2 aliphatic heterocycles. The molecule has 1 amide bonds. The minimum absolute atomic E-state index is 0.116. The number of carbonyl (C=O) groups excluding carboxylic acids is 1. The van der Waals surface area contributed by atoms with Crippen molar-refractivity contribution < 1.29 is 9.53 Å². The van der Waals surface area contributed by atoms with E-state index in [1.807, 2.05) is 30.0 Å². The average molecular weight is 331 g/mol. The lowest BCUT2D eigenvalue weighted by Crippen LogP contribution is -2.64. The highest BCUT2D eigenvalue weighted by Crippen LogP contribution is 2.22. The Morgan fingerprint density at radius 1 is 1.17 bits per heavy atom. The SMILES string of the molecule is COc1cc(C(=O)N2CCN(C3CN(C(C)C)C3)CC2)ccc1C. The van der Waals surface area contributed by atoms with Crippen LogP contribution in [0.5, 0.6) is 5.75 Å². The standard InChI is InChI=1S/C19H29N3O2/c1-14(2)22-12-17(13-22)20-7-9-21(10-8-20)19(23)16-6-5-15(3)18(11-16)24-4/h5-6,11,14,17H,7-10,12-13H2,1-4H3. The molecule has 0 spiro atoms. The molecule has 2 heterocycles. The Kier molecular flexibility index (Phi) is 5.11. The molecule has 24 heavy (non-hydrogen) atoms. The minimum Gasteiger partial charge on any atom is -0.496 e. The van der Waals surface area contributed by atoms with Crippen LogP contribution < -0.4 is 4.74 Å². The summed E-state index contributed by atoms with van der Waals surface area (Å²) in [5.41, 5.74) is 1.78. The van der Waals surface area contributed by atoms with Crippen molar-refractivity contribution in [3.8, 4) is 5.75 Å². The summed E-state index contributed by atoms with van der Waals surface area (Å²) in [5.74, 6) is 0.896. The van der Waals surface area contributed by atoms with E-state index >= 15 is 0 Å². The highest BCUT2D eigenvalue weighted by Gasteiger charge is 2.35. The maximum atomic E-state index is 12.7. The Labute approximate surface area is 145 Å². The quantitative estimate of drug-likeness (QED) is 0.844. The Morgan fingerprint density at radius 2 is 1.83 bits per heavy atom. The molecular formula is C19H29N3O2. The number of likely N-dealkylation sites (tertiary alicyclic amines) is 1. The fourth-order valence-electron chi connectivity index (χ4n) is 3.57. The van der Waals surface area contributed by atoms with Gasteiger partial charge in [-0.25, -0.2) is 0 Å². The summed E-state index contributed by atoms with van der Waals surface area (Å²) in [6.45, 7) is 12.4. The van der Waals surface area contributed by atoms with Gasteiger partial charge in [0.15, 0.2) is 0 Å². The third kappa shape index (κ3) is 3.42. The van der Waals surface area contributed by atoms with Crippen LogP contribution in [0.25, 0.3) is 0 Å². The molecule has 1 aromatic rings. The third-order valence-corrected chi connectivity index (χ3v) is 5.39. The molecule has 0 aliphatic carbocycles. The van der Waals surface area contributed by atoms with E-state index in [9.17, 15) is 4.79 Å². The van der Waals surface area contributed by atoms with Crippen molar-refractivity contribution in [1.82, 2.24) is 14.7 Å². The van der Waals surface area contributed by atoms with Crippen LogP contribution in [0, 0.1) is 6.92 Å². The van der Waals surface area contributed by atoms with Gasteiger partial charge in [0.2, 0.25) is 0 Å². The molecule has 0 aromatic heterocycles. The van der Waals surface area contributed by atoms with E-state index < -0.39 is 0 Å². The summed E-state index contributed by atoms with van der Waals surface area (Å²) in [4.78, 5) is 19.7. The number of amides is 1. The van der Waals surface area contributed by atoms with E-state index in [1.54, 1.807) is 7.11 Å². The van der Waals surface area contributed by atoms with Crippen molar-refractivity contribution in [1.29, 1.82) is 0 Å². The molecule has 0 bridgehead atoms. The molecule has 132 valence electrons. The van der Waals surface area contributed by atoms with Crippen molar-refractivity contribution in [2.45, 2.75) is 32.9 Å². The third-order valence-electron chi connectivity index (χ3n) is 5.39. The second-order valence-corrected chi connectivity index (χ2v) is 7.21. The van der Waals surface area contributed by atoms with Crippen LogP contribution in [0.2, 0.25) is 0 Å². The number of carbonyl (C=O) groups is 1. The lowest BCUT2D eigenvalue weighted by atomic mass is 10.0. The number of methoxy groups -OCH3 is 1. The summed E-state index contributed by atoms with van der Waals surface area (Å²) in [7, 11) is 1.65. The van der Waals surface area contributed by atoms with E-state index in [0.29, 0.717) is 12.1 Å². The van der Waals surface area contributed by atoms with Gasteiger partial charge in [0, 0.05) is 56.9 Å². The molecule has 0 radical (unpaired) electrons. The van der Waals surface area contributed by atoms with E-state index in [-0.39, 0.29) is 5.91 Å². The largest absolute Gasteiger partial charge is 0.496 e. The molecule has 0 unspecified atom stereocenters. The van der Waals surface area contributed by atoms with E-state index in [0.717, 1.165) is 43.1 Å². The van der Waals surface area contributed by atoms with Crippen molar-refractivity contribution in [2.75, 3.05) is 46.4 Å². The number of benzene rings is 1. The highest BCUT2D eigenvalue weighted by atomic mass is 16.5. The Balaban J connectivity index is 1.54. The van der Waals surface area contributed by atoms with Crippen LogP contribution in [-0.2, 0) is 0 Å². The van der Waals surface area contributed by atoms with E-state index in [4.69, 9.17) is 4.74 Å². The van der Waals surface area contributed by atoms with Crippen LogP contribution in [-0.4, -0.2) is 79.1 Å². The van der Waals surface area contributed by atoms with Gasteiger partial charge in [0.25, 0.3) is 5.91 Å². The molecule has 2 fully saturated rings. The van der Waals surface area contributed by atoms with Gasteiger partial charge in [-0.2, -0.15) is 0 Å². The van der Waals surface area contributed by atoms with Gasteiger partial charge in [0.05, 0.1) is 7.11 Å². The number of ether oxygens (including phenoxy) is 1.